The van der Waals surface area contributed by atoms with E-state index in [1.54, 1.807) is 6.26 Å². The molecule has 0 amide bonds. The number of furan rings is 1. The van der Waals surface area contributed by atoms with Gasteiger partial charge in [0.1, 0.15) is 11.6 Å². The quantitative estimate of drug-likeness (QED) is 0.198. The first-order chi connectivity index (χ1) is 14.8. The molecule has 31 heavy (non-hydrogen) atoms. The van der Waals surface area contributed by atoms with E-state index in [9.17, 15) is 0 Å². The standard InChI is InChI=1S/C23H32N6O.HI/c1-18-27-19-9-3-4-10-20(19)29(18)15-8-12-25-23(24-2)26-17-21(22-11-7-16-30-22)28-13-5-6-14-28;/h3-4,7,9-11,16,21H,5-6,8,12-15,17H2,1-2H3,(H2,24,25,26);1H. The third kappa shape index (κ3) is 5.79. The van der Waals surface area contributed by atoms with Crippen LogP contribution in [0.25, 0.3) is 11.0 Å². The predicted octanol–water partition coefficient (Wildman–Crippen LogP) is 3.95. The van der Waals surface area contributed by atoms with Crippen molar-refractivity contribution in [3.63, 3.8) is 0 Å². The molecule has 0 saturated carbocycles. The molecule has 1 aliphatic heterocycles. The average Bonchev–Trinajstić information content (AvgIpc) is 3.52. The van der Waals surface area contributed by atoms with Crippen molar-refractivity contribution in [2.45, 2.75) is 38.8 Å². The molecule has 0 radical (unpaired) electrons. The van der Waals surface area contributed by atoms with Gasteiger partial charge < -0.3 is 19.6 Å². The van der Waals surface area contributed by atoms with Gasteiger partial charge in [-0.3, -0.25) is 9.89 Å². The van der Waals surface area contributed by atoms with E-state index in [0.717, 1.165) is 62.2 Å². The zero-order chi connectivity index (χ0) is 20.8. The van der Waals surface area contributed by atoms with Gasteiger partial charge in [-0.1, -0.05) is 12.1 Å². The van der Waals surface area contributed by atoms with Crippen LogP contribution in [0.15, 0.2) is 52.1 Å². The smallest absolute Gasteiger partial charge is 0.191 e. The highest BCUT2D eigenvalue weighted by Crippen LogP contribution is 2.24. The number of rotatable bonds is 8. The second kappa shape index (κ2) is 11.5. The number of halogens is 1. The third-order valence-corrected chi connectivity index (χ3v) is 5.84. The van der Waals surface area contributed by atoms with E-state index in [1.165, 1.54) is 18.4 Å². The van der Waals surface area contributed by atoms with Crippen LogP contribution in [-0.4, -0.2) is 53.6 Å². The molecule has 1 saturated heterocycles. The fourth-order valence-electron chi connectivity index (χ4n) is 4.28. The lowest BCUT2D eigenvalue weighted by molar-refractivity contribution is 0.215. The summed E-state index contributed by atoms with van der Waals surface area (Å²) in [5.41, 5.74) is 2.26. The minimum atomic E-state index is 0. The predicted molar refractivity (Wildman–Crippen MR) is 136 cm³/mol. The number of likely N-dealkylation sites (tertiary alicyclic amines) is 1. The number of guanidine groups is 1. The summed E-state index contributed by atoms with van der Waals surface area (Å²) in [4.78, 5) is 11.5. The summed E-state index contributed by atoms with van der Waals surface area (Å²) in [7, 11) is 1.82. The van der Waals surface area contributed by atoms with Gasteiger partial charge in [-0.05, 0) is 63.5 Å². The van der Waals surface area contributed by atoms with E-state index in [0.29, 0.717) is 0 Å². The first-order valence-electron chi connectivity index (χ1n) is 10.9. The van der Waals surface area contributed by atoms with Crippen molar-refractivity contribution in [2.24, 2.45) is 4.99 Å². The van der Waals surface area contributed by atoms with Gasteiger partial charge in [0.15, 0.2) is 5.96 Å². The lowest BCUT2D eigenvalue weighted by Gasteiger charge is -2.26. The molecule has 2 aromatic heterocycles. The number of fused-ring (bicyclic) bond motifs is 1. The zero-order valence-corrected chi connectivity index (χ0v) is 20.7. The highest BCUT2D eigenvalue weighted by molar-refractivity contribution is 14.0. The first-order valence-corrected chi connectivity index (χ1v) is 10.9. The van der Waals surface area contributed by atoms with Crippen LogP contribution in [0.1, 0.15) is 36.9 Å². The maximum Gasteiger partial charge on any atom is 0.191 e. The van der Waals surface area contributed by atoms with Crippen LogP contribution in [0.2, 0.25) is 0 Å². The number of aryl methyl sites for hydroxylation is 2. The van der Waals surface area contributed by atoms with Crippen molar-refractivity contribution < 1.29 is 4.42 Å². The number of benzene rings is 1. The van der Waals surface area contributed by atoms with Crippen molar-refractivity contribution in [1.82, 2.24) is 25.1 Å². The zero-order valence-electron chi connectivity index (χ0n) is 18.4. The Morgan fingerprint density at radius 2 is 1.97 bits per heavy atom. The maximum absolute atomic E-state index is 5.71. The number of hydrogen-bond donors (Lipinski definition) is 2. The van der Waals surface area contributed by atoms with Gasteiger partial charge in [0, 0.05) is 26.7 Å². The van der Waals surface area contributed by atoms with E-state index in [-0.39, 0.29) is 30.0 Å². The molecule has 1 aromatic carbocycles. The Labute approximate surface area is 201 Å². The summed E-state index contributed by atoms with van der Waals surface area (Å²) in [5.74, 6) is 2.91. The number of imidazole rings is 1. The fraction of sp³-hybridized carbons (Fsp3) is 0.478. The Balaban J connectivity index is 0.00000272. The van der Waals surface area contributed by atoms with Crippen LogP contribution < -0.4 is 10.6 Å². The number of para-hydroxylation sites is 2. The van der Waals surface area contributed by atoms with Gasteiger partial charge in [0.05, 0.1) is 23.3 Å². The van der Waals surface area contributed by atoms with Crippen LogP contribution in [0.5, 0.6) is 0 Å². The lowest BCUT2D eigenvalue weighted by Crippen LogP contribution is -2.43. The molecule has 3 aromatic rings. The highest BCUT2D eigenvalue weighted by atomic mass is 127. The molecule has 0 spiro atoms. The molecule has 1 unspecified atom stereocenters. The van der Waals surface area contributed by atoms with Crippen LogP contribution in [0, 0.1) is 6.92 Å². The SMILES string of the molecule is CN=C(NCCCn1c(C)nc2ccccc21)NCC(c1ccco1)N1CCCC1.I. The molecule has 1 fully saturated rings. The number of nitrogens with one attached hydrogen (secondary N) is 2. The summed E-state index contributed by atoms with van der Waals surface area (Å²) in [6.45, 7) is 6.87. The lowest BCUT2D eigenvalue weighted by atomic mass is 10.2. The second-order valence-corrected chi connectivity index (χ2v) is 7.81. The Kier molecular flexibility index (Phi) is 8.77. The van der Waals surface area contributed by atoms with Gasteiger partial charge in [-0.15, -0.1) is 24.0 Å². The molecule has 7 nitrogen and oxygen atoms in total. The van der Waals surface area contributed by atoms with E-state index in [2.05, 4.69) is 61.3 Å². The Hall–Kier alpha value is -2.07. The van der Waals surface area contributed by atoms with E-state index >= 15 is 0 Å². The molecule has 1 atom stereocenters. The van der Waals surface area contributed by atoms with Crippen molar-refractivity contribution in [3.05, 3.63) is 54.2 Å². The Morgan fingerprint density at radius 3 is 2.71 bits per heavy atom. The minimum absolute atomic E-state index is 0. The van der Waals surface area contributed by atoms with Crippen molar-refractivity contribution in [1.29, 1.82) is 0 Å². The molecule has 3 heterocycles. The van der Waals surface area contributed by atoms with Crippen LogP contribution in [-0.2, 0) is 6.54 Å². The van der Waals surface area contributed by atoms with Crippen LogP contribution in [0.3, 0.4) is 0 Å². The Morgan fingerprint density at radius 1 is 1.16 bits per heavy atom. The summed E-state index contributed by atoms with van der Waals surface area (Å²) in [6, 6.07) is 12.6. The van der Waals surface area contributed by atoms with Gasteiger partial charge in [0.25, 0.3) is 0 Å². The molecule has 0 aliphatic carbocycles. The molecule has 4 rings (SSSR count). The topological polar surface area (TPSA) is 70.6 Å². The molecular formula is C23H33IN6O. The summed E-state index contributed by atoms with van der Waals surface area (Å²) in [5, 5.41) is 6.93. The van der Waals surface area contributed by atoms with E-state index < -0.39 is 0 Å². The first kappa shape index (κ1) is 23.6. The fourth-order valence-corrected chi connectivity index (χ4v) is 4.28. The third-order valence-electron chi connectivity index (χ3n) is 5.84. The number of aliphatic imine (C=N–C) groups is 1. The highest BCUT2D eigenvalue weighted by Gasteiger charge is 2.25. The summed E-state index contributed by atoms with van der Waals surface area (Å²) >= 11 is 0. The van der Waals surface area contributed by atoms with Gasteiger partial charge in [0.2, 0.25) is 0 Å². The molecular weight excluding hydrogens is 503 g/mol. The van der Waals surface area contributed by atoms with E-state index in [4.69, 9.17) is 4.42 Å². The number of nitrogens with zero attached hydrogens (tertiary/aromatic N) is 4. The van der Waals surface area contributed by atoms with Crippen molar-refractivity contribution >= 4 is 41.0 Å². The number of aromatic nitrogens is 2. The maximum atomic E-state index is 5.71. The normalized spacial score (nSPS) is 15.7. The van der Waals surface area contributed by atoms with Crippen LogP contribution >= 0.6 is 24.0 Å². The van der Waals surface area contributed by atoms with Gasteiger partial charge >= 0.3 is 0 Å². The average molecular weight is 536 g/mol. The van der Waals surface area contributed by atoms with Crippen molar-refractivity contribution in [3.8, 4) is 0 Å². The summed E-state index contributed by atoms with van der Waals surface area (Å²) in [6.07, 6.45) is 5.27. The van der Waals surface area contributed by atoms with Gasteiger partial charge in [-0.25, -0.2) is 4.98 Å². The minimum Gasteiger partial charge on any atom is -0.468 e. The largest absolute Gasteiger partial charge is 0.468 e. The second-order valence-electron chi connectivity index (χ2n) is 7.81. The monoisotopic (exact) mass is 536 g/mol. The molecule has 0 bridgehead atoms. The Bertz CT molecular complexity index is 962. The molecule has 168 valence electrons. The number of hydrogen-bond acceptors (Lipinski definition) is 4. The summed E-state index contributed by atoms with van der Waals surface area (Å²) < 4.78 is 7.99. The van der Waals surface area contributed by atoms with Crippen molar-refractivity contribution in [2.75, 3.05) is 33.2 Å². The molecule has 1 aliphatic rings. The van der Waals surface area contributed by atoms with E-state index in [1.807, 2.05) is 19.2 Å². The van der Waals surface area contributed by atoms with Gasteiger partial charge in [-0.2, -0.15) is 0 Å². The molecule has 8 heteroatoms. The van der Waals surface area contributed by atoms with Crippen LogP contribution in [0.4, 0.5) is 0 Å². The molecule has 2 N–H and O–H groups in total.